The van der Waals surface area contributed by atoms with Gasteiger partial charge in [-0.05, 0) is 31.2 Å². The second-order valence-corrected chi connectivity index (χ2v) is 7.41. The molecule has 0 atom stereocenters. The van der Waals surface area contributed by atoms with Crippen molar-refractivity contribution in [2.24, 2.45) is 5.92 Å². The van der Waals surface area contributed by atoms with Crippen molar-refractivity contribution in [1.29, 1.82) is 0 Å². The lowest BCUT2D eigenvalue weighted by molar-refractivity contribution is 0.0942. The summed E-state index contributed by atoms with van der Waals surface area (Å²) in [6.07, 6.45) is 4.52. The molecule has 0 aromatic carbocycles. The number of rotatable bonds is 6. The van der Waals surface area contributed by atoms with Gasteiger partial charge in [-0.2, -0.15) is 0 Å². The lowest BCUT2D eigenvalue weighted by atomic mass is 10.3. The van der Waals surface area contributed by atoms with Crippen LogP contribution in [-0.4, -0.2) is 25.4 Å². The first kappa shape index (κ1) is 14.4. The summed E-state index contributed by atoms with van der Waals surface area (Å²) < 4.78 is 24.3. The summed E-state index contributed by atoms with van der Waals surface area (Å²) in [6, 6.07) is 1.33. The van der Waals surface area contributed by atoms with Crippen LogP contribution in [0.15, 0.2) is 17.2 Å². The third-order valence-corrected chi connectivity index (χ3v) is 4.42. The summed E-state index contributed by atoms with van der Waals surface area (Å²) in [5.41, 5.74) is 0.349. The number of carbonyl (C=O) groups excluding carboxylic acids is 1. The Hall–Kier alpha value is -1.01. The summed E-state index contributed by atoms with van der Waals surface area (Å²) in [5.74, 6) is 0.335. The Labute approximate surface area is 117 Å². The first-order valence-electron chi connectivity index (χ1n) is 6.35. The van der Waals surface area contributed by atoms with Gasteiger partial charge >= 0.3 is 0 Å². The molecule has 1 saturated carbocycles. The van der Waals surface area contributed by atoms with Crippen LogP contribution in [-0.2, 0) is 15.6 Å². The van der Waals surface area contributed by atoms with Crippen molar-refractivity contribution in [3.05, 3.63) is 18.0 Å². The van der Waals surface area contributed by atoms with Crippen LogP contribution in [0.1, 0.15) is 36.7 Å². The maximum atomic E-state index is 12.0. The molecule has 1 amide bonds. The van der Waals surface area contributed by atoms with Crippen LogP contribution in [0.25, 0.3) is 0 Å². The molecule has 1 aromatic heterocycles. The van der Waals surface area contributed by atoms with Crippen molar-refractivity contribution in [3.8, 4) is 0 Å². The first-order chi connectivity index (χ1) is 8.91. The van der Waals surface area contributed by atoms with Crippen molar-refractivity contribution in [2.45, 2.75) is 37.6 Å². The van der Waals surface area contributed by atoms with Crippen molar-refractivity contribution in [1.82, 2.24) is 9.88 Å². The SMILES string of the molecule is CCCn1cc(S(=O)(=O)Cl)cc1C(=O)NCC1CC1. The molecule has 106 valence electrons. The predicted molar refractivity (Wildman–Crippen MR) is 72.8 cm³/mol. The zero-order chi connectivity index (χ0) is 14.0. The Morgan fingerprint density at radius 3 is 2.74 bits per heavy atom. The molecule has 19 heavy (non-hydrogen) atoms. The molecule has 0 saturated heterocycles. The van der Waals surface area contributed by atoms with Crippen molar-refractivity contribution >= 4 is 25.6 Å². The van der Waals surface area contributed by atoms with Crippen LogP contribution < -0.4 is 5.32 Å². The van der Waals surface area contributed by atoms with E-state index in [0.717, 1.165) is 19.3 Å². The van der Waals surface area contributed by atoms with Crippen LogP contribution in [0.4, 0.5) is 0 Å². The van der Waals surface area contributed by atoms with Gasteiger partial charge < -0.3 is 9.88 Å². The number of nitrogens with zero attached hydrogens (tertiary/aromatic N) is 1. The number of aromatic nitrogens is 1. The monoisotopic (exact) mass is 304 g/mol. The first-order valence-corrected chi connectivity index (χ1v) is 8.65. The third-order valence-electron chi connectivity index (χ3n) is 3.10. The van der Waals surface area contributed by atoms with Crippen molar-refractivity contribution < 1.29 is 13.2 Å². The highest BCUT2D eigenvalue weighted by molar-refractivity contribution is 8.13. The van der Waals surface area contributed by atoms with E-state index in [1.54, 1.807) is 4.57 Å². The summed E-state index contributed by atoms with van der Waals surface area (Å²) >= 11 is 0. The fourth-order valence-corrected chi connectivity index (χ4v) is 2.64. The van der Waals surface area contributed by atoms with Gasteiger partial charge in [0.1, 0.15) is 10.6 Å². The smallest absolute Gasteiger partial charge is 0.267 e. The number of hydrogen-bond acceptors (Lipinski definition) is 3. The Balaban J connectivity index is 2.20. The molecule has 1 aromatic rings. The molecular weight excluding hydrogens is 288 g/mol. The van der Waals surface area contributed by atoms with E-state index in [1.807, 2.05) is 6.92 Å². The second kappa shape index (κ2) is 5.54. The lowest BCUT2D eigenvalue weighted by Gasteiger charge is -2.07. The highest BCUT2D eigenvalue weighted by Crippen LogP contribution is 2.27. The minimum Gasteiger partial charge on any atom is -0.350 e. The summed E-state index contributed by atoms with van der Waals surface area (Å²) in [7, 11) is 1.51. The normalized spacial score (nSPS) is 15.5. The highest BCUT2D eigenvalue weighted by Gasteiger charge is 2.24. The Morgan fingerprint density at radius 1 is 1.53 bits per heavy atom. The fourth-order valence-electron chi connectivity index (χ4n) is 1.88. The summed E-state index contributed by atoms with van der Waals surface area (Å²) in [4.78, 5) is 12.0. The molecule has 1 aliphatic rings. The summed E-state index contributed by atoms with van der Waals surface area (Å²) in [6.45, 7) is 3.19. The predicted octanol–water partition coefficient (Wildman–Crippen LogP) is 1.97. The van der Waals surface area contributed by atoms with E-state index in [0.29, 0.717) is 24.7 Å². The van der Waals surface area contributed by atoms with E-state index in [4.69, 9.17) is 10.7 Å². The Morgan fingerprint density at radius 2 is 2.21 bits per heavy atom. The van der Waals surface area contributed by atoms with Crippen molar-refractivity contribution in [3.63, 3.8) is 0 Å². The summed E-state index contributed by atoms with van der Waals surface area (Å²) in [5, 5.41) is 2.83. The molecule has 1 aliphatic carbocycles. The van der Waals surface area contributed by atoms with Gasteiger partial charge in [0.2, 0.25) is 0 Å². The van der Waals surface area contributed by atoms with E-state index in [9.17, 15) is 13.2 Å². The number of aryl methyl sites for hydroxylation is 1. The molecule has 7 heteroatoms. The van der Waals surface area contributed by atoms with Gasteiger partial charge in [0.25, 0.3) is 15.0 Å². The number of hydrogen-bond donors (Lipinski definition) is 1. The third kappa shape index (κ3) is 3.73. The number of halogens is 1. The van der Waals surface area contributed by atoms with Crippen LogP contribution in [0.3, 0.4) is 0 Å². The van der Waals surface area contributed by atoms with Crippen LogP contribution >= 0.6 is 10.7 Å². The minimum absolute atomic E-state index is 0.0285. The van der Waals surface area contributed by atoms with Gasteiger partial charge in [-0.15, -0.1) is 0 Å². The largest absolute Gasteiger partial charge is 0.350 e. The minimum atomic E-state index is -3.80. The van der Waals surface area contributed by atoms with Crippen LogP contribution in [0.5, 0.6) is 0 Å². The van der Waals surface area contributed by atoms with Crippen LogP contribution in [0, 0.1) is 5.92 Å². The zero-order valence-corrected chi connectivity index (χ0v) is 12.3. The van der Waals surface area contributed by atoms with E-state index in [-0.39, 0.29) is 10.8 Å². The van der Waals surface area contributed by atoms with Crippen LogP contribution in [0.2, 0.25) is 0 Å². The topological polar surface area (TPSA) is 68.2 Å². The molecule has 2 rings (SSSR count). The second-order valence-electron chi connectivity index (χ2n) is 4.85. The quantitative estimate of drug-likeness (QED) is 0.817. The van der Waals surface area contributed by atoms with Gasteiger partial charge in [-0.1, -0.05) is 6.92 Å². The Bertz CT molecular complexity index is 576. The van der Waals surface area contributed by atoms with E-state index < -0.39 is 9.05 Å². The molecule has 5 nitrogen and oxygen atoms in total. The van der Waals surface area contributed by atoms with Gasteiger partial charge in [0.05, 0.1) is 0 Å². The van der Waals surface area contributed by atoms with Gasteiger partial charge in [-0.25, -0.2) is 8.42 Å². The fraction of sp³-hybridized carbons (Fsp3) is 0.583. The zero-order valence-electron chi connectivity index (χ0n) is 10.7. The van der Waals surface area contributed by atoms with E-state index >= 15 is 0 Å². The van der Waals surface area contributed by atoms with E-state index in [1.165, 1.54) is 12.3 Å². The molecule has 0 radical (unpaired) electrons. The number of nitrogens with one attached hydrogen (secondary N) is 1. The molecule has 1 N–H and O–H groups in total. The molecule has 0 aliphatic heterocycles. The van der Waals surface area contributed by atoms with Gasteiger partial charge in [0, 0.05) is 30.0 Å². The number of carbonyl (C=O) groups is 1. The Kier molecular flexibility index (Phi) is 4.20. The van der Waals surface area contributed by atoms with Crippen molar-refractivity contribution in [2.75, 3.05) is 6.54 Å². The highest BCUT2D eigenvalue weighted by atomic mass is 35.7. The van der Waals surface area contributed by atoms with E-state index in [2.05, 4.69) is 5.32 Å². The molecular formula is C12H17ClN2O3S. The maximum absolute atomic E-state index is 12.0. The molecule has 0 bridgehead atoms. The molecule has 0 spiro atoms. The van der Waals surface area contributed by atoms with Gasteiger partial charge in [-0.3, -0.25) is 4.79 Å². The molecule has 1 heterocycles. The maximum Gasteiger partial charge on any atom is 0.267 e. The average Bonchev–Trinajstić information content (AvgIpc) is 3.04. The number of amides is 1. The standard InChI is InChI=1S/C12H17ClN2O3S/c1-2-5-15-8-10(19(13,17)18)6-11(15)12(16)14-7-9-3-4-9/h6,8-9H,2-5,7H2,1H3,(H,14,16). The van der Waals surface area contributed by atoms with Gasteiger partial charge in [0.15, 0.2) is 0 Å². The lowest BCUT2D eigenvalue weighted by Crippen LogP contribution is -2.27. The molecule has 0 unspecified atom stereocenters. The average molecular weight is 305 g/mol. The molecule has 1 fully saturated rings.